The van der Waals surface area contributed by atoms with E-state index >= 15 is 0 Å². The maximum atomic E-state index is 13.5. The molecule has 3 heteroatoms. The monoisotopic (exact) mass is 577 g/mol. The van der Waals surface area contributed by atoms with E-state index in [9.17, 15) is 4.79 Å². The average Bonchev–Trinajstić information content (AvgIpc) is 3.12. The highest BCUT2D eigenvalue weighted by atomic mass is 16.3. The quantitative estimate of drug-likeness (QED) is 0.191. The van der Waals surface area contributed by atoms with Gasteiger partial charge in [-0.2, -0.15) is 0 Å². The second-order valence-electron chi connectivity index (χ2n) is 11.1. The smallest absolute Gasteiger partial charge is 0.200 e. The van der Waals surface area contributed by atoms with Crippen LogP contribution in [0.25, 0.3) is 77.8 Å². The molecule has 0 spiro atoms. The zero-order valence-electron chi connectivity index (χ0n) is 24.4. The van der Waals surface area contributed by atoms with E-state index in [1.807, 2.05) is 72.8 Å². The Balaban J connectivity index is 1.32. The molecule has 0 amide bonds. The Bertz CT molecular complexity index is 2330. The van der Waals surface area contributed by atoms with Gasteiger partial charge in [-0.3, -0.25) is 4.79 Å². The molecule has 0 atom stereocenters. The number of para-hydroxylation sites is 1. The molecule has 2 aromatic heterocycles. The second-order valence-corrected chi connectivity index (χ2v) is 11.1. The molecule has 45 heavy (non-hydrogen) atoms. The van der Waals surface area contributed by atoms with Crippen LogP contribution in [0.1, 0.15) is 0 Å². The largest absolute Gasteiger partial charge is 0.456 e. The van der Waals surface area contributed by atoms with E-state index < -0.39 is 0 Å². The van der Waals surface area contributed by atoms with Crippen molar-refractivity contribution in [1.82, 2.24) is 4.98 Å². The van der Waals surface area contributed by atoms with Gasteiger partial charge in [0.15, 0.2) is 0 Å². The number of fused-ring (bicyclic) bond motifs is 2. The predicted octanol–water partition coefficient (Wildman–Crippen LogP) is 10.7. The van der Waals surface area contributed by atoms with Gasteiger partial charge in [0.05, 0.1) is 22.2 Å². The highest BCUT2D eigenvalue weighted by molar-refractivity contribution is 5.96. The maximum Gasteiger partial charge on any atom is 0.200 e. The highest BCUT2D eigenvalue weighted by Crippen LogP contribution is 2.40. The first-order chi connectivity index (χ1) is 22.2. The number of pyridine rings is 1. The molecule has 0 aliphatic heterocycles. The van der Waals surface area contributed by atoms with Gasteiger partial charge in [-0.25, -0.2) is 4.98 Å². The fourth-order valence-electron chi connectivity index (χ4n) is 6.10. The molecule has 6 aromatic carbocycles. The van der Waals surface area contributed by atoms with Gasteiger partial charge in [0.2, 0.25) is 5.43 Å². The number of nitrogens with zero attached hydrogens (tertiary/aromatic N) is 1. The highest BCUT2D eigenvalue weighted by Gasteiger charge is 2.16. The van der Waals surface area contributed by atoms with Crippen LogP contribution >= 0.6 is 0 Å². The third-order valence-electron chi connectivity index (χ3n) is 8.31. The minimum Gasteiger partial charge on any atom is -0.456 e. The molecular formula is C42H27NO2. The van der Waals surface area contributed by atoms with E-state index in [-0.39, 0.29) is 5.43 Å². The topological polar surface area (TPSA) is 43.1 Å². The van der Waals surface area contributed by atoms with Crippen molar-refractivity contribution in [2.45, 2.75) is 0 Å². The van der Waals surface area contributed by atoms with E-state index in [0.717, 1.165) is 55.9 Å². The zero-order valence-corrected chi connectivity index (χ0v) is 24.4. The van der Waals surface area contributed by atoms with Crippen molar-refractivity contribution < 1.29 is 4.42 Å². The summed E-state index contributed by atoms with van der Waals surface area (Å²) < 4.78 is 6.10. The van der Waals surface area contributed by atoms with Crippen molar-refractivity contribution in [1.29, 1.82) is 0 Å². The van der Waals surface area contributed by atoms with E-state index in [0.29, 0.717) is 21.9 Å². The van der Waals surface area contributed by atoms with E-state index in [1.165, 1.54) is 0 Å². The molecule has 0 N–H and O–H groups in total. The normalized spacial score (nSPS) is 11.2. The molecule has 0 saturated heterocycles. The number of benzene rings is 6. The first kappa shape index (κ1) is 26.6. The van der Waals surface area contributed by atoms with Crippen LogP contribution in [0.15, 0.2) is 173 Å². The zero-order chi connectivity index (χ0) is 30.2. The number of rotatable bonds is 5. The van der Waals surface area contributed by atoms with Gasteiger partial charge in [-0.15, -0.1) is 0 Å². The molecule has 0 radical (unpaired) electrons. The molecule has 0 unspecified atom stereocenters. The minimum atomic E-state index is -0.0260. The minimum absolute atomic E-state index is 0.0260. The fraction of sp³-hybridized carbons (Fsp3) is 0. The summed E-state index contributed by atoms with van der Waals surface area (Å²) in [7, 11) is 0. The summed E-state index contributed by atoms with van der Waals surface area (Å²) in [5.74, 6) is 0. The molecule has 0 saturated carbocycles. The first-order valence-electron chi connectivity index (χ1n) is 15.0. The molecule has 0 aliphatic rings. The molecule has 3 nitrogen and oxygen atoms in total. The Morgan fingerprint density at radius 3 is 1.69 bits per heavy atom. The average molecular weight is 578 g/mol. The molecule has 212 valence electrons. The Labute approximate surface area is 260 Å². The molecular weight excluding hydrogens is 550 g/mol. The predicted molar refractivity (Wildman–Crippen MR) is 185 cm³/mol. The molecule has 8 aromatic rings. The van der Waals surface area contributed by atoms with Gasteiger partial charge in [-0.05, 0) is 69.8 Å². The van der Waals surface area contributed by atoms with Gasteiger partial charge in [-0.1, -0.05) is 127 Å². The summed E-state index contributed by atoms with van der Waals surface area (Å²) >= 11 is 0. The third kappa shape index (κ3) is 4.91. The summed E-state index contributed by atoms with van der Waals surface area (Å²) in [4.78, 5) is 18.7. The second kappa shape index (κ2) is 11.2. The van der Waals surface area contributed by atoms with Crippen LogP contribution < -0.4 is 5.43 Å². The lowest BCUT2D eigenvalue weighted by molar-refractivity contribution is 0.660. The van der Waals surface area contributed by atoms with Gasteiger partial charge in [0, 0.05) is 11.1 Å². The van der Waals surface area contributed by atoms with Gasteiger partial charge >= 0.3 is 0 Å². The van der Waals surface area contributed by atoms with Gasteiger partial charge in [0.25, 0.3) is 0 Å². The summed E-state index contributed by atoms with van der Waals surface area (Å²) in [5.41, 5.74) is 11.4. The third-order valence-corrected chi connectivity index (χ3v) is 8.31. The van der Waals surface area contributed by atoms with Crippen LogP contribution in [-0.2, 0) is 0 Å². The van der Waals surface area contributed by atoms with Crippen molar-refractivity contribution >= 4 is 21.9 Å². The first-order valence-corrected chi connectivity index (χ1v) is 15.0. The number of aromatic nitrogens is 1. The number of hydrogen-bond donors (Lipinski definition) is 0. The van der Waals surface area contributed by atoms with E-state index in [4.69, 9.17) is 9.40 Å². The van der Waals surface area contributed by atoms with Crippen LogP contribution in [0.3, 0.4) is 0 Å². The van der Waals surface area contributed by atoms with Crippen LogP contribution in [0, 0.1) is 0 Å². The van der Waals surface area contributed by atoms with Crippen LogP contribution in [0.2, 0.25) is 0 Å². The molecule has 0 fully saturated rings. The van der Waals surface area contributed by atoms with Crippen LogP contribution in [0.5, 0.6) is 0 Å². The summed E-state index contributed by atoms with van der Waals surface area (Å²) in [5, 5.41) is 1.15. The molecule has 0 aliphatic carbocycles. The summed E-state index contributed by atoms with van der Waals surface area (Å²) in [6, 6.07) is 55.1. The molecule has 8 rings (SSSR count). The van der Waals surface area contributed by atoms with Crippen molar-refractivity contribution in [2.75, 3.05) is 0 Å². The Morgan fingerprint density at radius 1 is 0.378 bits per heavy atom. The number of hydrogen-bond acceptors (Lipinski definition) is 3. The SMILES string of the molecule is O=c1c2ccccc2oc2ccc(-c3ccccc3-c3ccccc3-c3cc(-c4ccccc4)cc(-c4ccccc4)n3)cc12. The Morgan fingerprint density at radius 2 is 0.933 bits per heavy atom. The lowest BCUT2D eigenvalue weighted by atomic mass is 9.89. The van der Waals surface area contributed by atoms with Crippen LogP contribution in [-0.4, -0.2) is 4.98 Å². The lowest BCUT2D eigenvalue weighted by Gasteiger charge is -2.16. The standard InChI is InChI=1S/C42H27NO2/c44-42-36-21-11-12-22-40(36)45-41-24-23-30(25-37(41)42)32-17-7-8-18-33(32)34-19-9-10-20-35(34)39-27-31(28-13-3-1-4-14-28)26-38(43-39)29-15-5-2-6-16-29/h1-27H. The fourth-order valence-corrected chi connectivity index (χ4v) is 6.10. The van der Waals surface area contributed by atoms with Crippen molar-refractivity contribution in [3.8, 4) is 55.9 Å². The maximum absolute atomic E-state index is 13.5. The molecule has 0 bridgehead atoms. The summed E-state index contributed by atoms with van der Waals surface area (Å²) in [6.45, 7) is 0. The molecule has 2 heterocycles. The van der Waals surface area contributed by atoms with E-state index in [2.05, 4.69) is 91.0 Å². The lowest BCUT2D eigenvalue weighted by Crippen LogP contribution is -2.02. The van der Waals surface area contributed by atoms with E-state index in [1.54, 1.807) is 0 Å². The summed E-state index contributed by atoms with van der Waals surface area (Å²) in [6.07, 6.45) is 0. The van der Waals surface area contributed by atoms with Gasteiger partial charge in [0.1, 0.15) is 11.2 Å². The Kier molecular flexibility index (Phi) is 6.62. The van der Waals surface area contributed by atoms with Crippen molar-refractivity contribution in [2.24, 2.45) is 0 Å². The Hall–Kier alpha value is -6.06. The van der Waals surface area contributed by atoms with Crippen LogP contribution in [0.4, 0.5) is 0 Å². The van der Waals surface area contributed by atoms with Crippen molar-refractivity contribution in [3.05, 3.63) is 174 Å². The van der Waals surface area contributed by atoms with Gasteiger partial charge < -0.3 is 4.42 Å². The van der Waals surface area contributed by atoms with Crippen molar-refractivity contribution in [3.63, 3.8) is 0 Å².